The smallest absolute Gasteiger partial charge is 0.233 e. The van der Waals surface area contributed by atoms with E-state index in [0.717, 1.165) is 22.0 Å². The van der Waals surface area contributed by atoms with Crippen molar-refractivity contribution < 1.29 is 14.3 Å². The average Bonchev–Trinajstić information content (AvgIpc) is 3.31. The van der Waals surface area contributed by atoms with Crippen LogP contribution in [0.1, 0.15) is 12.5 Å². The van der Waals surface area contributed by atoms with Crippen molar-refractivity contribution in [2.75, 3.05) is 20.8 Å². The summed E-state index contributed by atoms with van der Waals surface area (Å²) in [6.45, 7) is 2.35. The molecule has 4 rings (SSSR count). The van der Waals surface area contributed by atoms with E-state index in [1.165, 1.54) is 11.8 Å². The Bertz CT molecular complexity index is 1250. The van der Waals surface area contributed by atoms with E-state index in [9.17, 15) is 4.79 Å². The summed E-state index contributed by atoms with van der Waals surface area (Å²) < 4.78 is 12.3. The molecule has 1 amide bonds. The van der Waals surface area contributed by atoms with Gasteiger partial charge in [0.2, 0.25) is 11.1 Å². The first-order valence-corrected chi connectivity index (χ1v) is 11.4. The van der Waals surface area contributed by atoms with E-state index in [1.54, 1.807) is 18.9 Å². The number of carbonyl (C=O) groups excluding carboxylic acids is 1. The molecule has 0 radical (unpaired) electrons. The summed E-state index contributed by atoms with van der Waals surface area (Å²) in [6.07, 6.45) is 0.678. The lowest BCUT2D eigenvalue weighted by Crippen LogP contribution is -2.32. The molecule has 1 unspecified atom stereocenters. The van der Waals surface area contributed by atoms with E-state index in [2.05, 4.69) is 20.8 Å². The molecule has 1 atom stereocenters. The van der Waals surface area contributed by atoms with Crippen molar-refractivity contribution >= 4 is 28.4 Å². The predicted octanol–water partition coefficient (Wildman–Crippen LogP) is 3.67. The minimum absolute atomic E-state index is 0.0760. The highest BCUT2D eigenvalue weighted by Crippen LogP contribution is 2.28. The van der Waals surface area contributed by atoms with Crippen LogP contribution in [-0.2, 0) is 11.2 Å². The molecule has 8 nitrogen and oxygen atoms in total. The molecule has 0 saturated heterocycles. The van der Waals surface area contributed by atoms with E-state index in [1.807, 2.05) is 67.6 Å². The number of carbonyl (C=O) groups is 1. The number of thioether (sulfide) groups is 1. The summed E-state index contributed by atoms with van der Waals surface area (Å²) in [7, 11) is 3.21. The van der Waals surface area contributed by atoms with Crippen molar-refractivity contribution in [3.63, 3.8) is 0 Å². The van der Waals surface area contributed by atoms with Gasteiger partial charge in [0.05, 0.1) is 25.2 Å². The van der Waals surface area contributed by atoms with Crippen LogP contribution in [0.25, 0.3) is 16.5 Å². The topological polar surface area (TPSA) is 91.2 Å². The Hall–Kier alpha value is -3.59. The van der Waals surface area contributed by atoms with Crippen molar-refractivity contribution in [1.82, 2.24) is 25.5 Å². The second-order valence-corrected chi connectivity index (χ2v) is 8.67. The maximum absolute atomic E-state index is 12.7. The standard InChI is InChI=1S/C24H25N5O3S/c1-16(23(30)25-14-13-17-11-12-21(31-2)22(15-17)32-3)33-24-26-27-28-29(24)20-10-6-8-18-7-4-5-9-19(18)20/h4-12,15-16H,13-14H2,1-3H3,(H,25,30). The average molecular weight is 464 g/mol. The van der Waals surface area contributed by atoms with Gasteiger partial charge in [-0.05, 0) is 52.9 Å². The summed E-state index contributed by atoms with van der Waals surface area (Å²) in [5.74, 6) is 1.28. The van der Waals surface area contributed by atoms with Crippen LogP contribution < -0.4 is 14.8 Å². The molecular formula is C24H25N5O3S. The molecule has 4 aromatic rings. The van der Waals surface area contributed by atoms with Gasteiger partial charge in [-0.15, -0.1) is 5.10 Å². The molecule has 9 heteroatoms. The first-order valence-electron chi connectivity index (χ1n) is 10.5. The van der Waals surface area contributed by atoms with E-state index in [4.69, 9.17) is 9.47 Å². The summed E-state index contributed by atoms with van der Waals surface area (Å²) in [5.41, 5.74) is 1.93. The van der Waals surface area contributed by atoms with Crippen LogP contribution in [0.5, 0.6) is 11.5 Å². The fourth-order valence-corrected chi connectivity index (χ4v) is 4.34. The number of aromatic nitrogens is 4. The summed E-state index contributed by atoms with van der Waals surface area (Å²) >= 11 is 1.32. The molecule has 0 aliphatic heterocycles. The molecule has 3 aromatic carbocycles. The van der Waals surface area contributed by atoms with Crippen LogP contribution in [-0.4, -0.2) is 52.1 Å². The Morgan fingerprint density at radius 3 is 2.67 bits per heavy atom. The Morgan fingerprint density at radius 2 is 1.85 bits per heavy atom. The van der Waals surface area contributed by atoms with Gasteiger partial charge in [0.15, 0.2) is 11.5 Å². The molecule has 0 aliphatic carbocycles. The van der Waals surface area contributed by atoms with Gasteiger partial charge < -0.3 is 14.8 Å². The van der Waals surface area contributed by atoms with Gasteiger partial charge in [-0.1, -0.05) is 54.2 Å². The molecule has 0 aliphatic rings. The number of methoxy groups -OCH3 is 2. The number of amides is 1. The number of hydrogen-bond donors (Lipinski definition) is 1. The molecule has 1 N–H and O–H groups in total. The molecule has 0 spiro atoms. The zero-order chi connectivity index (χ0) is 23.2. The van der Waals surface area contributed by atoms with Crippen molar-refractivity contribution in [2.45, 2.75) is 23.8 Å². The number of ether oxygens (including phenoxy) is 2. The maximum atomic E-state index is 12.7. The van der Waals surface area contributed by atoms with Crippen LogP contribution >= 0.6 is 11.8 Å². The van der Waals surface area contributed by atoms with E-state index >= 15 is 0 Å². The molecule has 0 saturated carbocycles. The Labute approximate surface area is 196 Å². The van der Waals surface area contributed by atoms with E-state index < -0.39 is 0 Å². The Morgan fingerprint density at radius 1 is 1.06 bits per heavy atom. The third-order valence-electron chi connectivity index (χ3n) is 5.25. The maximum Gasteiger partial charge on any atom is 0.233 e. The molecule has 1 aromatic heterocycles. The number of nitrogens with zero attached hydrogens (tertiary/aromatic N) is 4. The summed E-state index contributed by atoms with van der Waals surface area (Å²) in [4.78, 5) is 12.7. The summed E-state index contributed by atoms with van der Waals surface area (Å²) in [6, 6.07) is 19.8. The third kappa shape index (κ3) is 5.09. The van der Waals surface area contributed by atoms with Crippen LogP contribution in [0.15, 0.2) is 65.8 Å². The first kappa shape index (κ1) is 22.6. The third-order valence-corrected chi connectivity index (χ3v) is 6.28. The second-order valence-electron chi connectivity index (χ2n) is 7.36. The van der Waals surface area contributed by atoms with Gasteiger partial charge in [0.1, 0.15) is 0 Å². The van der Waals surface area contributed by atoms with Crippen molar-refractivity contribution in [3.05, 3.63) is 66.2 Å². The van der Waals surface area contributed by atoms with Gasteiger partial charge in [-0.2, -0.15) is 4.68 Å². The molecule has 33 heavy (non-hydrogen) atoms. The molecule has 0 bridgehead atoms. The largest absolute Gasteiger partial charge is 0.493 e. The molecule has 170 valence electrons. The zero-order valence-corrected chi connectivity index (χ0v) is 19.5. The Kier molecular flexibility index (Phi) is 7.09. The number of rotatable bonds is 9. The summed E-state index contributed by atoms with van der Waals surface area (Å²) in [5, 5.41) is 17.5. The molecule has 0 fully saturated rings. The number of tetrazole rings is 1. The van der Waals surface area contributed by atoms with Gasteiger partial charge in [0.25, 0.3) is 0 Å². The van der Waals surface area contributed by atoms with Crippen molar-refractivity contribution in [3.8, 4) is 17.2 Å². The fourth-order valence-electron chi connectivity index (χ4n) is 3.52. The number of hydrogen-bond acceptors (Lipinski definition) is 7. The lowest BCUT2D eigenvalue weighted by molar-refractivity contribution is -0.120. The highest BCUT2D eigenvalue weighted by atomic mass is 32.2. The highest BCUT2D eigenvalue weighted by molar-refractivity contribution is 8.00. The van der Waals surface area contributed by atoms with Gasteiger partial charge in [-0.25, -0.2) is 0 Å². The number of benzene rings is 3. The number of fused-ring (bicyclic) bond motifs is 1. The van der Waals surface area contributed by atoms with Gasteiger partial charge in [0, 0.05) is 11.9 Å². The van der Waals surface area contributed by atoms with Crippen LogP contribution in [0.2, 0.25) is 0 Å². The van der Waals surface area contributed by atoms with E-state index in [0.29, 0.717) is 29.6 Å². The van der Waals surface area contributed by atoms with Crippen molar-refractivity contribution in [2.24, 2.45) is 0 Å². The lowest BCUT2D eigenvalue weighted by Gasteiger charge is -2.13. The van der Waals surface area contributed by atoms with Crippen LogP contribution in [0.3, 0.4) is 0 Å². The van der Waals surface area contributed by atoms with Crippen molar-refractivity contribution in [1.29, 1.82) is 0 Å². The SMILES string of the molecule is COc1ccc(CCNC(=O)C(C)Sc2nnnn2-c2cccc3ccccc23)cc1OC. The number of nitrogens with one attached hydrogen (secondary N) is 1. The molecule has 1 heterocycles. The minimum Gasteiger partial charge on any atom is -0.493 e. The highest BCUT2D eigenvalue weighted by Gasteiger charge is 2.20. The van der Waals surface area contributed by atoms with Crippen LogP contribution in [0.4, 0.5) is 0 Å². The quantitative estimate of drug-likeness (QED) is 0.379. The monoisotopic (exact) mass is 463 g/mol. The zero-order valence-electron chi connectivity index (χ0n) is 18.7. The Balaban J connectivity index is 1.39. The fraction of sp³-hybridized carbons (Fsp3) is 0.250. The second kappa shape index (κ2) is 10.4. The van der Waals surface area contributed by atoms with Crippen LogP contribution in [0, 0.1) is 0 Å². The normalized spacial score (nSPS) is 11.8. The minimum atomic E-state index is -0.366. The molecular weight excluding hydrogens is 438 g/mol. The first-order chi connectivity index (χ1) is 16.1. The van der Waals surface area contributed by atoms with Gasteiger partial charge >= 0.3 is 0 Å². The van der Waals surface area contributed by atoms with E-state index in [-0.39, 0.29) is 11.2 Å². The van der Waals surface area contributed by atoms with Gasteiger partial charge in [-0.3, -0.25) is 4.79 Å². The lowest BCUT2D eigenvalue weighted by atomic mass is 10.1. The predicted molar refractivity (Wildman–Crippen MR) is 128 cm³/mol.